The van der Waals surface area contributed by atoms with Gasteiger partial charge in [0.1, 0.15) is 18.6 Å². The number of rotatable bonds is 6. The molecule has 0 spiro atoms. The zero-order valence-electron chi connectivity index (χ0n) is 30.8. The molecule has 5 aromatic carbocycles. The largest absolute Gasteiger partial charge is 0.457 e. The van der Waals surface area contributed by atoms with Gasteiger partial charge in [-0.3, -0.25) is 0 Å². The molecule has 3 heteroatoms. The topological polar surface area (TPSA) is 15.5 Å². The summed E-state index contributed by atoms with van der Waals surface area (Å²) in [6.45, 7) is 13.4. The van der Waals surface area contributed by atoms with Gasteiger partial charge in [0.15, 0.2) is 5.71 Å². The Labute approximate surface area is 302 Å². The van der Waals surface area contributed by atoms with Crippen LogP contribution in [0.5, 0.6) is 5.75 Å². The van der Waals surface area contributed by atoms with Crippen molar-refractivity contribution in [3.63, 3.8) is 0 Å². The smallest absolute Gasteiger partial charge is 0.210 e. The molecular weight excluding hydrogens is 621 g/mol. The van der Waals surface area contributed by atoms with Gasteiger partial charge >= 0.3 is 0 Å². The molecule has 2 heterocycles. The first kappa shape index (κ1) is 32.8. The van der Waals surface area contributed by atoms with Gasteiger partial charge in [-0.05, 0) is 113 Å². The highest BCUT2D eigenvalue weighted by atomic mass is 16.5. The molecule has 0 saturated heterocycles. The Kier molecular flexibility index (Phi) is 7.98. The molecule has 254 valence electrons. The number of hydrogen-bond donors (Lipinski definition) is 0. The van der Waals surface area contributed by atoms with Crippen LogP contribution in [-0.4, -0.2) is 24.4 Å². The number of benzene rings is 5. The van der Waals surface area contributed by atoms with E-state index in [1.165, 1.54) is 66.6 Å². The zero-order valence-corrected chi connectivity index (χ0v) is 30.8. The van der Waals surface area contributed by atoms with Gasteiger partial charge < -0.3 is 9.64 Å². The molecule has 0 radical (unpaired) electrons. The van der Waals surface area contributed by atoms with Gasteiger partial charge in [0.25, 0.3) is 0 Å². The van der Waals surface area contributed by atoms with Crippen LogP contribution in [0, 0.1) is 0 Å². The summed E-state index contributed by atoms with van der Waals surface area (Å²) in [4.78, 5) is 2.37. The van der Waals surface area contributed by atoms with Gasteiger partial charge in [0.05, 0.1) is 5.41 Å². The minimum absolute atomic E-state index is 0.154. The predicted octanol–water partition coefficient (Wildman–Crippen LogP) is 12.0. The lowest BCUT2D eigenvalue weighted by molar-refractivity contribution is -0.401. The Morgan fingerprint density at radius 3 is 2.10 bits per heavy atom. The first-order valence-corrected chi connectivity index (χ1v) is 18.2. The molecule has 51 heavy (non-hydrogen) atoms. The summed E-state index contributed by atoms with van der Waals surface area (Å²) < 4.78 is 9.24. The summed E-state index contributed by atoms with van der Waals surface area (Å²) in [6, 6.07) is 34.8. The molecule has 8 rings (SSSR count). The lowest BCUT2D eigenvalue weighted by atomic mass is 9.78. The molecule has 0 N–H and O–H groups in total. The van der Waals surface area contributed by atoms with Crippen molar-refractivity contribution in [2.45, 2.75) is 57.8 Å². The van der Waals surface area contributed by atoms with Crippen LogP contribution in [0.4, 0.5) is 11.4 Å². The highest BCUT2D eigenvalue weighted by molar-refractivity contribution is 6.07. The van der Waals surface area contributed by atoms with Crippen LogP contribution in [0.3, 0.4) is 0 Å². The van der Waals surface area contributed by atoms with Gasteiger partial charge in [-0.25, -0.2) is 0 Å². The highest BCUT2D eigenvalue weighted by Gasteiger charge is 2.44. The van der Waals surface area contributed by atoms with E-state index in [2.05, 4.69) is 179 Å². The van der Waals surface area contributed by atoms with Crippen LogP contribution in [0.15, 0.2) is 151 Å². The van der Waals surface area contributed by atoms with Crippen molar-refractivity contribution in [2.75, 3.05) is 19.0 Å². The highest BCUT2D eigenvalue weighted by Crippen LogP contribution is 2.50. The Bertz CT molecular complexity index is 2390. The van der Waals surface area contributed by atoms with E-state index in [-0.39, 0.29) is 10.8 Å². The van der Waals surface area contributed by atoms with Gasteiger partial charge in [-0.2, -0.15) is 4.58 Å². The maximum atomic E-state index is 6.87. The van der Waals surface area contributed by atoms with Gasteiger partial charge in [-0.1, -0.05) is 99.3 Å². The molecule has 0 atom stereocenters. The van der Waals surface area contributed by atoms with E-state index < -0.39 is 0 Å². The summed E-state index contributed by atoms with van der Waals surface area (Å²) in [5, 5.41) is 5.22. The van der Waals surface area contributed by atoms with E-state index >= 15 is 0 Å². The predicted molar refractivity (Wildman–Crippen MR) is 217 cm³/mol. The number of hydrogen-bond acceptors (Lipinski definition) is 2. The third kappa shape index (κ3) is 5.38. The summed E-state index contributed by atoms with van der Waals surface area (Å²) in [6.07, 6.45) is 14.2. The Morgan fingerprint density at radius 1 is 0.725 bits per heavy atom. The first-order valence-electron chi connectivity index (χ1n) is 18.2. The zero-order chi connectivity index (χ0) is 35.5. The maximum absolute atomic E-state index is 6.87. The van der Waals surface area contributed by atoms with Gasteiger partial charge in [0.2, 0.25) is 5.69 Å². The first-order chi connectivity index (χ1) is 24.6. The number of anilines is 1. The SMILES string of the molecule is C=Cc1ccc(OC2=C(/C=C/C3=[N+](C)c4ccc5ccccc5c4C3(C)C)CCC/C2=C\C=C2/N(C)c3ccc4ccccc4c3C2(C)C)cc1. The monoisotopic (exact) mass is 667 g/mol. The minimum Gasteiger partial charge on any atom is -0.457 e. The molecule has 3 nitrogen and oxygen atoms in total. The van der Waals surface area contributed by atoms with Crippen LogP contribution in [0.1, 0.15) is 63.6 Å². The number of allylic oxidation sites excluding steroid dienone is 7. The van der Waals surface area contributed by atoms with Crippen LogP contribution >= 0.6 is 0 Å². The molecule has 3 aliphatic rings. The molecule has 5 aromatic rings. The van der Waals surface area contributed by atoms with Crippen molar-refractivity contribution in [3.05, 3.63) is 167 Å². The Morgan fingerprint density at radius 2 is 1.39 bits per heavy atom. The molecule has 0 amide bonds. The van der Waals surface area contributed by atoms with E-state index in [0.717, 1.165) is 36.3 Å². The fourth-order valence-electron chi connectivity index (χ4n) is 8.89. The fraction of sp³-hybridized carbons (Fsp3) is 0.229. The second kappa shape index (κ2) is 12.4. The third-order valence-corrected chi connectivity index (χ3v) is 11.5. The second-order valence-corrected chi connectivity index (χ2v) is 15.3. The fourth-order valence-corrected chi connectivity index (χ4v) is 8.89. The summed E-state index contributed by atoms with van der Waals surface area (Å²) >= 11 is 0. The molecule has 0 aromatic heterocycles. The van der Waals surface area contributed by atoms with Crippen molar-refractivity contribution in [1.29, 1.82) is 0 Å². The van der Waals surface area contributed by atoms with Gasteiger partial charge in [-0.15, -0.1) is 0 Å². The summed E-state index contributed by atoms with van der Waals surface area (Å²) in [7, 11) is 4.41. The van der Waals surface area contributed by atoms with Crippen molar-refractivity contribution in [3.8, 4) is 5.75 Å². The average molecular weight is 668 g/mol. The lowest BCUT2D eigenvalue weighted by Gasteiger charge is -2.25. The third-order valence-electron chi connectivity index (χ3n) is 11.5. The van der Waals surface area contributed by atoms with Crippen molar-refractivity contribution >= 4 is 44.7 Å². The van der Waals surface area contributed by atoms with Crippen LogP contribution < -0.4 is 9.64 Å². The molecule has 0 bridgehead atoms. The number of ether oxygens (including phenoxy) is 1. The van der Waals surface area contributed by atoms with E-state index in [0.29, 0.717) is 0 Å². The minimum atomic E-state index is -0.154. The molecule has 1 aliphatic carbocycles. The molecule has 0 fully saturated rings. The van der Waals surface area contributed by atoms with E-state index in [9.17, 15) is 0 Å². The summed E-state index contributed by atoms with van der Waals surface area (Å²) in [5.74, 6) is 1.80. The van der Waals surface area contributed by atoms with Gasteiger partial charge in [0, 0.05) is 41.6 Å². The van der Waals surface area contributed by atoms with Crippen LogP contribution in [-0.2, 0) is 10.8 Å². The van der Waals surface area contributed by atoms with E-state index in [1.54, 1.807) is 0 Å². The quantitative estimate of drug-likeness (QED) is 0.168. The van der Waals surface area contributed by atoms with E-state index in [1.807, 2.05) is 6.08 Å². The summed E-state index contributed by atoms with van der Waals surface area (Å²) in [5.41, 5.74) is 11.1. The second-order valence-electron chi connectivity index (χ2n) is 15.3. The maximum Gasteiger partial charge on any atom is 0.210 e. The number of nitrogens with zero attached hydrogens (tertiary/aromatic N) is 2. The Hall–Kier alpha value is -5.41. The standard InChI is InChI=1S/C48H47N2O/c1-8-32-20-26-37(27-21-32)51-46-35(24-30-42-47(2,3)44-38-18-11-9-14-33(38)22-28-40(44)49(42)6)16-13-17-36(46)25-31-43-48(4,5)45-39-19-12-10-15-34(39)23-29-41(45)50(43)7/h8-12,14-15,18-31H,1,13,16-17H2,2-7H3/q+1. The average Bonchev–Trinajstić information content (AvgIpc) is 3.47. The molecule has 0 saturated carbocycles. The lowest BCUT2D eigenvalue weighted by Crippen LogP contribution is -2.27. The van der Waals surface area contributed by atoms with E-state index in [4.69, 9.17) is 4.74 Å². The normalized spacial score (nSPS) is 19.5. The number of likely N-dealkylation sites (N-methyl/N-ethyl adjacent to an activating group) is 1. The van der Waals surface area contributed by atoms with Crippen LogP contribution in [0.2, 0.25) is 0 Å². The Balaban J connectivity index is 1.21. The number of fused-ring (bicyclic) bond motifs is 6. The molecule has 2 aliphatic heterocycles. The van der Waals surface area contributed by atoms with Crippen molar-refractivity contribution in [2.24, 2.45) is 0 Å². The molecule has 0 unspecified atom stereocenters. The molecular formula is C48H47N2O+. The van der Waals surface area contributed by atoms with Crippen molar-refractivity contribution < 1.29 is 9.31 Å². The van der Waals surface area contributed by atoms with Crippen LogP contribution in [0.25, 0.3) is 27.6 Å². The van der Waals surface area contributed by atoms with Crippen molar-refractivity contribution in [1.82, 2.24) is 0 Å².